The van der Waals surface area contributed by atoms with Crippen molar-refractivity contribution in [2.45, 2.75) is 0 Å². The number of nitrogens with zero attached hydrogens (tertiary/aromatic N) is 1. The highest BCUT2D eigenvalue weighted by Gasteiger charge is 2.13. The van der Waals surface area contributed by atoms with Crippen LogP contribution in [0.15, 0.2) is 68.6 Å². The molecule has 0 bridgehead atoms. The number of amides is 1. The molecule has 0 saturated carbocycles. The summed E-state index contributed by atoms with van der Waals surface area (Å²) in [5, 5.41) is 16.7. The van der Waals surface area contributed by atoms with Crippen LogP contribution < -0.4 is 5.43 Å². The van der Waals surface area contributed by atoms with Gasteiger partial charge in [-0.15, -0.1) is 0 Å². The summed E-state index contributed by atoms with van der Waals surface area (Å²) in [6, 6.07) is 16.6. The maximum Gasteiger partial charge on any atom is 0.307 e. The maximum atomic E-state index is 12.3. The zero-order chi connectivity index (χ0) is 19.0. The van der Waals surface area contributed by atoms with Gasteiger partial charge < -0.3 is 9.52 Å². The van der Waals surface area contributed by atoms with Crippen molar-refractivity contribution in [3.63, 3.8) is 0 Å². The number of phenolic OH excluding ortho intramolecular Hbond substituents is 1. The summed E-state index contributed by atoms with van der Waals surface area (Å²) in [7, 11) is 0. The second-order valence-electron chi connectivity index (χ2n) is 5.84. The Labute approximate surface area is 167 Å². The first-order valence-electron chi connectivity index (χ1n) is 7.95. The maximum absolute atomic E-state index is 12.3. The Kier molecular flexibility index (Phi) is 4.59. The van der Waals surface area contributed by atoms with Gasteiger partial charge in [-0.05, 0) is 56.5 Å². The topological polar surface area (TPSA) is 74.8 Å². The van der Waals surface area contributed by atoms with E-state index in [4.69, 9.17) is 16.0 Å². The molecule has 0 atom stereocenters. The van der Waals surface area contributed by atoms with E-state index in [9.17, 15) is 9.90 Å². The molecule has 0 aliphatic heterocycles. The van der Waals surface area contributed by atoms with Crippen molar-refractivity contribution in [3.05, 3.63) is 75.4 Å². The van der Waals surface area contributed by atoms with Crippen LogP contribution in [0.3, 0.4) is 0 Å². The SMILES string of the molecule is O=C(N/N=C/c1cc(Cl)c(O)c(Br)c1)c1cc2c(ccc3ccccc32)o1. The van der Waals surface area contributed by atoms with Crippen LogP contribution in [0, 0.1) is 0 Å². The number of benzene rings is 3. The van der Waals surface area contributed by atoms with E-state index in [1.165, 1.54) is 12.3 Å². The zero-order valence-corrected chi connectivity index (χ0v) is 16.1. The van der Waals surface area contributed by atoms with Crippen LogP contribution in [-0.2, 0) is 0 Å². The number of hydrogen-bond donors (Lipinski definition) is 2. The standard InChI is InChI=1S/C20H12BrClN2O3/c21-15-7-11(8-16(22)19(15)25)10-23-24-20(26)18-9-14-13-4-2-1-3-12(13)5-6-17(14)27-18/h1-10,25H,(H,24,26)/b23-10+. The fourth-order valence-electron chi connectivity index (χ4n) is 2.78. The second kappa shape index (κ2) is 7.06. The summed E-state index contributed by atoms with van der Waals surface area (Å²) in [4.78, 5) is 12.3. The molecule has 5 nitrogen and oxygen atoms in total. The number of hydrogen-bond acceptors (Lipinski definition) is 4. The third-order valence-electron chi connectivity index (χ3n) is 4.07. The summed E-state index contributed by atoms with van der Waals surface area (Å²) < 4.78 is 6.08. The molecule has 134 valence electrons. The fourth-order valence-corrected chi connectivity index (χ4v) is 3.60. The number of furan rings is 1. The largest absolute Gasteiger partial charge is 0.505 e. The predicted molar refractivity (Wildman–Crippen MR) is 110 cm³/mol. The number of phenols is 1. The van der Waals surface area contributed by atoms with Crippen LogP contribution >= 0.6 is 27.5 Å². The number of rotatable bonds is 3. The van der Waals surface area contributed by atoms with Gasteiger partial charge in [-0.1, -0.05) is 41.9 Å². The van der Waals surface area contributed by atoms with Crippen molar-refractivity contribution in [1.29, 1.82) is 0 Å². The average molecular weight is 444 g/mol. The fraction of sp³-hybridized carbons (Fsp3) is 0. The van der Waals surface area contributed by atoms with Crippen LogP contribution in [0.5, 0.6) is 5.75 Å². The van der Waals surface area contributed by atoms with Crippen LogP contribution in [0.2, 0.25) is 5.02 Å². The molecule has 7 heteroatoms. The molecule has 0 spiro atoms. The number of carbonyl (C=O) groups excluding carboxylic acids is 1. The van der Waals surface area contributed by atoms with E-state index in [1.807, 2.05) is 36.4 Å². The minimum atomic E-state index is -0.463. The summed E-state index contributed by atoms with van der Waals surface area (Å²) in [6.45, 7) is 0. The van der Waals surface area contributed by atoms with Gasteiger partial charge in [0.1, 0.15) is 11.3 Å². The Morgan fingerprint density at radius 3 is 2.78 bits per heavy atom. The summed E-state index contributed by atoms with van der Waals surface area (Å²) in [5.41, 5.74) is 3.67. The van der Waals surface area contributed by atoms with Gasteiger partial charge in [-0.3, -0.25) is 4.79 Å². The lowest BCUT2D eigenvalue weighted by molar-refractivity contribution is 0.0929. The zero-order valence-electron chi connectivity index (χ0n) is 13.7. The molecule has 1 aromatic heterocycles. The van der Waals surface area contributed by atoms with Gasteiger partial charge >= 0.3 is 5.91 Å². The molecule has 4 rings (SSSR count). The summed E-state index contributed by atoms with van der Waals surface area (Å²) in [6.07, 6.45) is 1.42. The molecule has 1 heterocycles. The summed E-state index contributed by atoms with van der Waals surface area (Å²) >= 11 is 9.10. The molecule has 0 fully saturated rings. The van der Waals surface area contributed by atoms with Gasteiger partial charge in [0.15, 0.2) is 5.76 Å². The van der Waals surface area contributed by atoms with Crippen LogP contribution in [-0.4, -0.2) is 17.2 Å². The predicted octanol–water partition coefficient (Wildman–Crippen LogP) is 5.47. The number of nitrogens with one attached hydrogen (secondary N) is 1. The molecular weight excluding hydrogens is 432 g/mol. The number of hydrazone groups is 1. The molecule has 27 heavy (non-hydrogen) atoms. The van der Waals surface area contributed by atoms with E-state index < -0.39 is 5.91 Å². The van der Waals surface area contributed by atoms with Crippen molar-refractivity contribution in [2.75, 3.05) is 0 Å². The van der Waals surface area contributed by atoms with Gasteiger partial charge in [-0.25, -0.2) is 5.43 Å². The Balaban J connectivity index is 1.57. The number of carbonyl (C=O) groups is 1. The molecule has 0 aliphatic rings. The highest BCUT2D eigenvalue weighted by Crippen LogP contribution is 2.32. The lowest BCUT2D eigenvalue weighted by atomic mass is 10.1. The molecule has 0 unspecified atom stereocenters. The normalized spacial score (nSPS) is 11.5. The Hall–Kier alpha value is -2.83. The first-order chi connectivity index (χ1) is 13.0. The highest BCUT2D eigenvalue weighted by atomic mass is 79.9. The lowest BCUT2D eigenvalue weighted by Gasteiger charge is -2.01. The van der Waals surface area contributed by atoms with Gasteiger partial charge in [0.25, 0.3) is 0 Å². The first-order valence-corrected chi connectivity index (χ1v) is 9.13. The van der Waals surface area contributed by atoms with Crippen molar-refractivity contribution in [1.82, 2.24) is 5.43 Å². The number of fused-ring (bicyclic) bond motifs is 3. The second-order valence-corrected chi connectivity index (χ2v) is 7.10. The Morgan fingerprint density at radius 2 is 1.96 bits per heavy atom. The van der Waals surface area contributed by atoms with Gasteiger partial charge in [-0.2, -0.15) is 5.10 Å². The molecule has 0 aliphatic carbocycles. The minimum absolute atomic E-state index is 0.0487. The van der Waals surface area contributed by atoms with Crippen molar-refractivity contribution >= 4 is 61.4 Å². The van der Waals surface area contributed by atoms with Crippen LogP contribution in [0.1, 0.15) is 16.1 Å². The van der Waals surface area contributed by atoms with Gasteiger partial charge in [0.2, 0.25) is 0 Å². The highest BCUT2D eigenvalue weighted by molar-refractivity contribution is 9.10. The lowest BCUT2D eigenvalue weighted by Crippen LogP contribution is -2.16. The van der Waals surface area contributed by atoms with E-state index in [1.54, 1.807) is 12.1 Å². The number of aromatic hydroxyl groups is 1. The van der Waals surface area contributed by atoms with Crippen molar-refractivity contribution in [3.8, 4) is 5.75 Å². The quantitative estimate of drug-likeness (QED) is 0.326. The van der Waals surface area contributed by atoms with Crippen LogP contribution in [0.4, 0.5) is 0 Å². The van der Waals surface area contributed by atoms with E-state index in [0.717, 1.165) is 16.2 Å². The molecule has 0 saturated heterocycles. The smallest absolute Gasteiger partial charge is 0.307 e. The van der Waals surface area contributed by atoms with Crippen molar-refractivity contribution in [2.24, 2.45) is 5.10 Å². The van der Waals surface area contributed by atoms with E-state index in [-0.39, 0.29) is 16.5 Å². The van der Waals surface area contributed by atoms with Gasteiger partial charge in [0, 0.05) is 5.39 Å². The molecule has 1 amide bonds. The first kappa shape index (κ1) is 17.6. The molecule has 3 aromatic carbocycles. The van der Waals surface area contributed by atoms with E-state index in [0.29, 0.717) is 15.6 Å². The van der Waals surface area contributed by atoms with E-state index >= 15 is 0 Å². The molecule has 2 N–H and O–H groups in total. The number of halogens is 2. The van der Waals surface area contributed by atoms with Crippen LogP contribution in [0.25, 0.3) is 21.7 Å². The Morgan fingerprint density at radius 1 is 1.15 bits per heavy atom. The third kappa shape index (κ3) is 3.41. The monoisotopic (exact) mass is 442 g/mol. The van der Waals surface area contributed by atoms with E-state index in [2.05, 4.69) is 26.5 Å². The molecule has 0 radical (unpaired) electrons. The summed E-state index contributed by atoms with van der Waals surface area (Å²) in [5.74, 6) is -0.341. The van der Waals surface area contributed by atoms with Crippen molar-refractivity contribution < 1.29 is 14.3 Å². The Bertz CT molecular complexity index is 1190. The van der Waals surface area contributed by atoms with Gasteiger partial charge in [0.05, 0.1) is 15.7 Å². The third-order valence-corrected chi connectivity index (χ3v) is 4.96. The minimum Gasteiger partial charge on any atom is -0.505 e. The average Bonchev–Trinajstić information content (AvgIpc) is 3.11. The molecule has 4 aromatic rings. The molecular formula is C20H12BrClN2O3.